The zero-order valence-electron chi connectivity index (χ0n) is 65.3. The van der Waals surface area contributed by atoms with E-state index in [-0.39, 0.29) is 6.10 Å². The summed E-state index contributed by atoms with van der Waals surface area (Å²) in [4.78, 5) is 9.57. The van der Waals surface area contributed by atoms with Gasteiger partial charge in [-0.1, -0.05) is 219 Å². The third-order valence-corrected chi connectivity index (χ3v) is 27.4. The summed E-state index contributed by atoms with van der Waals surface area (Å²) < 4.78 is 5.08. The first-order valence-electron chi connectivity index (χ1n) is 42.9. The highest BCUT2D eigenvalue weighted by atomic mass is 16.5. The molecule has 10 heteroatoms. The molecule has 19 fully saturated rings. The van der Waals surface area contributed by atoms with E-state index in [1.165, 1.54) is 393 Å². The summed E-state index contributed by atoms with van der Waals surface area (Å²) in [6.45, 7) is 17.4. The fourth-order valence-corrected chi connectivity index (χ4v) is 18.2. The van der Waals surface area contributed by atoms with Gasteiger partial charge in [-0.15, -0.1) is 0 Å². The lowest BCUT2D eigenvalue weighted by atomic mass is 9.64. The number of nitrogens with one attached hydrogen (secondary N) is 2. The van der Waals surface area contributed by atoms with Crippen molar-refractivity contribution in [1.29, 1.82) is 0 Å². The highest BCUT2D eigenvalue weighted by Gasteiger charge is 2.46. The maximum Gasteiger partial charge on any atom is 0.0544 e. The van der Waals surface area contributed by atoms with Gasteiger partial charge in [-0.05, 0) is 237 Å². The topological polar surface area (TPSA) is 119 Å². The molecule has 0 aromatic carbocycles. The van der Waals surface area contributed by atoms with Gasteiger partial charge in [-0.2, -0.15) is 0 Å². The van der Waals surface area contributed by atoms with Crippen molar-refractivity contribution in [1.82, 2.24) is 30.2 Å². The molecular formula is C85H168N8O2. The van der Waals surface area contributed by atoms with Gasteiger partial charge in [-0.25, -0.2) is 0 Å². The molecule has 5 saturated heterocycles. The van der Waals surface area contributed by atoms with E-state index >= 15 is 0 Å². The Balaban J connectivity index is 0.000000163. The predicted octanol–water partition coefficient (Wildman–Crippen LogP) is 19.7. The largest absolute Gasteiger partial charge is 0.393 e. The van der Waals surface area contributed by atoms with E-state index in [2.05, 4.69) is 86.4 Å². The maximum atomic E-state index is 8.45. The smallest absolute Gasteiger partial charge is 0.0544 e. The van der Waals surface area contributed by atoms with Crippen LogP contribution in [0.2, 0.25) is 0 Å². The van der Waals surface area contributed by atoms with Gasteiger partial charge in [0, 0.05) is 68.9 Å². The Kier molecular flexibility index (Phi) is 41.4. The number of hydrogen-bond acceptors (Lipinski definition) is 10. The number of nitrogens with two attached hydrogens (primary N) is 2. The van der Waals surface area contributed by atoms with Crippen molar-refractivity contribution in [3.8, 4) is 0 Å². The zero-order chi connectivity index (χ0) is 67.9. The summed E-state index contributed by atoms with van der Waals surface area (Å²) in [6, 6.07) is 2.89. The molecule has 14 saturated carbocycles. The molecule has 5 heterocycles. The number of hydrogen-bond donors (Lipinski definition) is 5. The van der Waals surface area contributed by atoms with Crippen LogP contribution in [0.15, 0.2) is 0 Å². The van der Waals surface area contributed by atoms with Crippen molar-refractivity contribution >= 4 is 0 Å². The molecule has 0 amide bonds. The van der Waals surface area contributed by atoms with Gasteiger partial charge in [0.1, 0.15) is 0 Å². The standard InChI is InChI=1S/C8H15N.2C7H13N.2C7H15N.2C7H14.C6H11N.C6H10O.2C5H11N.C5H10.C4H8O.C4H8/c1-9-6-5-8(7-9)3-2-4-8;1-8-5-7(6-8)3-2-4-7;1-2-7(3-1)4-5-8-6-7;2*1-8(2)7-5-3-4-6-7;2*1-2-7-5-3-4-6-7;2*1-2-6(3-1)4-7-5-6;2*6-5-3-1-2-4-5;1-2-4-5-3-1;5-4-2-1-3-4;1-2-4-3-1/h2-7H2,1H3;2-6H2,1H3;8H,1-6H2;2*7H,3-6H2,1-2H3;2*7H,2-6H2,1H3;7H,1-5H2;1-5H2;2*5H,1-4,6H2;1-5H2;4-5H,1-3H2;1-4H2. The lowest BCUT2D eigenvalue weighted by Gasteiger charge is -2.54. The molecule has 560 valence electrons. The van der Waals surface area contributed by atoms with Gasteiger partial charge in [-0.3, -0.25) is 0 Å². The summed E-state index contributed by atoms with van der Waals surface area (Å²) in [5.74, 6) is 2.19. The van der Waals surface area contributed by atoms with Crippen LogP contribution in [0.1, 0.15) is 367 Å². The van der Waals surface area contributed by atoms with Crippen LogP contribution in [0, 0.1) is 38.9 Å². The van der Waals surface area contributed by atoms with Crippen LogP contribution < -0.4 is 22.1 Å². The first kappa shape index (κ1) is 83.5. The van der Waals surface area contributed by atoms with Crippen LogP contribution in [-0.4, -0.2) is 163 Å². The molecule has 19 aliphatic rings. The molecule has 0 aromatic heterocycles. The number of nitrogens with zero attached hydrogens (tertiary/aromatic N) is 4. The minimum absolute atomic E-state index is 0.0648. The van der Waals surface area contributed by atoms with Crippen molar-refractivity contribution in [3.63, 3.8) is 0 Å². The van der Waals surface area contributed by atoms with E-state index in [1.807, 2.05) is 0 Å². The Morgan fingerprint density at radius 3 is 0.800 bits per heavy atom. The highest BCUT2D eigenvalue weighted by Crippen LogP contribution is 2.49. The third kappa shape index (κ3) is 32.9. The first-order chi connectivity index (χ1) is 46.0. The van der Waals surface area contributed by atoms with Gasteiger partial charge < -0.3 is 51.5 Å². The average molecular weight is 1330 g/mol. The van der Waals surface area contributed by atoms with Gasteiger partial charge in [0.2, 0.25) is 0 Å². The highest BCUT2D eigenvalue weighted by molar-refractivity contribution is 5.00. The molecule has 0 unspecified atom stereocenters. The average Bonchev–Trinajstić information content (AvgIpc) is 1.68. The second-order valence-electron chi connectivity index (χ2n) is 36.2. The van der Waals surface area contributed by atoms with Crippen LogP contribution in [0.3, 0.4) is 0 Å². The number of aliphatic hydroxyl groups is 1. The van der Waals surface area contributed by atoms with E-state index in [0.717, 1.165) is 77.0 Å². The van der Waals surface area contributed by atoms with Crippen molar-refractivity contribution in [3.05, 3.63) is 0 Å². The maximum absolute atomic E-state index is 8.45. The van der Waals surface area contributed by atoms with Crippen molar-refractivity contribution in [2.45, 2.75) is 397 Å². The zero-order valence-corrected chi connectivity index (χ0v) is 65.3. The van der Waals surface area contributed by atoms with Gasteiger partial charge in [0.15, 0.2) is 0 Å². The Labute approximate surface area is 592 Å². The molecule has 95 heavy (non-hydrogen) atoms. The molecule has 0 bridgehead atoms. The van der Waals surface area contributed by atoms with Crippen LogP contribution in [0.25, 0.3) is 0 Å². The Morgan fingerprint density at radius 1 is 0.358 bits per heavy atom. The molecule has 7 N–H and O–H groups in total. The monoisotopic (exact) mass is 1330 g/mol. The van der Waals surface area contributed by atoms with Crippen LogP contribution in [-0.2, 0) is 4.74 Å². The predicted molar refractivity (Wildman–Crippen MR) is 413 cm³/mol. The second kappa shape index (κ2) is 47.1. The van der Waals surface area contributed by atoms with E-state index < -0.39 is 0 Å². The normalized spacial score (nSPS) is 28.0. The van der Waals surface area contributed by atoms with Crippen molar-refractivity contribution in [2.24, 2.45) is 50.4 Å². The Hall–Kier alpha value is -0.400. The summed E-state index contributed by atoms with van der Waals surface area (Å²) in [5, 5.41) is 15.2. The van der Waals surface area contributed by atoms with Crippen LogP contribution >= 0.6 is 0 Å². The van der Waals surface area contributed by atoms with E-state index in [1.54, 1.807) is 0 Å². The second-order valence-corrected chi connectivity index (χ2v) is 36.2. The number of rotatable bonds is 4. The Bertz CT molecular complexity index is 1670. The number of likely N-dealkylation sites (tertiary alicyclic amines) is 2. The van der Waals surface area contributed by atoms with E-state index in [4.69, 9.17) is 21.3 Å². The van der Waals surface area contributed by atoms with Crippen LogP contribution in [0.4, 0.5) is 0 Å². The molecular weight excluding hydrogens is 1160 g/mol. The molecule has 0 atom stereocenters. The van der Waals surface area contributed by atoms with E-state index in [9.17, 15) is 0 Å². The minimum atomic E-state index is 0.0648. The van der Waals surface area contributed by atoms with Crippen molar-refractivity contribution in [2.75, 3.05) is 108 Å². The number of aliphatic hydroxyl groups excluding tert-OH is 1. The lowest BCUT2D eigenvalue weighted by Crippen LogP contribution is -2.57. The molecule has 0 aromatic rings. The summed E-state index contributed by atoms with van der Waals surface area (Å²) >= 11 is 0. The Morgan fingerprint density at radius 2 is 0.684 bits per heavy atom. The quantitative estimate of drug-likeness (QED) is 0.186. The van der Waals surface area contributed by atoms with Crippen LogP contribution in [0.5, 0.6) is 0 Å². The summed E-state index contributed by atoms with van der Waals surface area (Å²) in [7, 11) is 13.2. The number of ether oxygens (including phenoxy) is 1. The summed E-state index contributed by atoms with van der Waals surface area (Å²) in [5.41, 5.74) is 15.1. The fourth-order valence-electron chi connectivity index (χ4n) is 18.2. The molecule has 0 radical (unpaired) electrons. The van der Waals surface area contributed by atoms with Crippen molar-refractivity contribution < 1.29 is 9.84 Å². The SMILES string of the molecule is C1CC2(C1)CCNC2.C1CC2(C1)CNC2.C1CC2(C1)COC2.C1CCC1.C1CCCC1.CCC1CCCC1.CCC1CCCC1.CN(C)C1CCCC1.CN(C)C1CCCC1.CN1CC2(CCC2)C1.CN1CCC2(CCC2)C1.NC1CCCC1.NC1CCCC1.OC1CCC1. The van der Waals surface area contributed by atoms with Gasteiger partial charge in [0.05, 0.1) is 19.3 Å². The third-order valence-electron chi connectivity index (χ3n) is 27.4. The molecule has 5 spiro atoms. The van der Waals surface area contributed by atoms with E-state index in [0.29, 0.717) is 12.1 Å². The molecule has 19 rings (SSSR count). The summed E-state index contributed by atoms with van der Waals surface area (Å²) in [6.07, 6.45) is 79.0. The lowest BCUT2D eigenvalue weighted by molar-refractivity contribution is -0.155. The fraction of sp³-hybridized carbons (Fsp3) is 1.00. The molecule has 5 aliphatic heterocycles. The van der Waals surface area contributed by atoms with Gasteiger partial charge in [0.25, 0.3) is 0 Å². The first-order valence-corrected chi connectivity index (χ1v) is 42.9. The minimum Gasteiger partial charge on any atom is -0.393 e. The molecule has 10 nitrogen and oxygen atoms in total. The van der Waals surface area contributed by atoms with Gasteiger partial charge >= 0.3 is 0 Å². The molecule has 14 aliphatic carbocycles.